The summed E-state index contributed by atoms with van der Waals surface area (Å²) in [5.74, 6) is 3.72. The molecule has 0 aliphatic rings. The van der Waals surface area contributed by atoms with E-state index in [1.54, 1.807) is 0 Å². The molecule has 3 N–H and O–H groups in total. The quantitative estimate of drug-likeness (QED) is 0.422. The maximum absolute atomic E-state index is 9.96. The van der Waals surface area contributed by atoms with Crippen LogP contribution in [0.15, 0.2) is 0 Å². The highest BCUT2D eigenvalue weighted by molar-refractivity contribution is 5.81. The van der Waals surface area contributed by atoms with Crippen LogP contribution in [0.4, 0.5) is 0 Å². The molecule has 44 valence electrons. The molecule has 0 heterocycles. The molecule has 0 rings (SSSR count). The fraction of sp³-hybridized carbons (Fsp3) is 0.400. The van der Waals surface area contributed by atoms with Crippen LogP contribution in [0.2, 0.25) is 0 Å². The SMILES string of the molecule is CC#CC(O)C(N)=O. The minimum absolute atomic E-state index is 0.806. The third-order valence-corrected chi connectivity index (χ3v) is 0.551. The van der Waals surface area contributed by atoms with Gasteiger partial charge in [-0.2, -0.15) is 0 Å². The summed E-state index contributed by atoms with van der Waals surface area (Å²) in [5.41, 5.74) is 4.63. The van der Waals surface area contributed by atoms with E-state index in [0.717, 1.165) is 0 Å². The molecule has 0 radical (unpaired) electrons. The van der Waals surface area contributed by atoms with E-state index < -0.39 is 12.0 Å². The van der Waals surface area contributed by atoms with Crippen molar-refractivity contribution in [2.45, 2.75) is 13.0 Å². The molecule has 0 aliphatic carbocycles. The third kappa shape index (κ3) is 2.21. The number of carbonyl (C=O) groups is 1. The molecule has 1 unspecified atom stereocenters. The molecular weight excluding hydrogens is 106 g/mol. The van der Waals surface area contributed by atoms with E-state index in [4.69, 9.17) is 5.11 Å². The van der Waals surface area contributed by atoms with Gasteiger partial charge in [-0.15, -0.1) is 5.92 Å². The Balaban J connectivity index is 3.77. The van der Waals surface area contributed by atoms with Crippen LogP contribution in [-0.4, -0.2) is 17.1 Å². The zero-order chi connectivity index (χ0) is 6.57. The number of rotatable bonds is 1. The molecular formula is C5H7NO2. The monoisotopic (exact) mass is 113 g/mol. The van der Waals surface area contributed by atoms with Crippen molar-refractivity contribution in [2.24, 2.45) is 5.73 Å². The average molecular weight is 113 g/mol. The summed E-state index contributed by atoms with van der Waals surface area (Å²) < 4.78 is 0. The van der Waals surface area contributed by atoms with Gasteiger partial charge in [-0.25, -0.2) is 0 Å². The van der Waals surface area contributed by atoms with Crippen molar-refractivity contribution in [3.63, 3.8) is 0 Å². The molecule has 0 saturated carbocycles. The van der Waals surface area contributed by atoms with E-state index >= 15 is 0 Å². The van der Waals surface area contributed by atoms with Gasteiger partial charge in [0.25, 0.3) is 5.91 Å². The largest absolute Gasteiger partial charge is 0.372 e. The summed E-state index contributed by atoms with van der Waals surface area (Å²) in [6.45, 7) is 1.52. The second kappa shape index (κ2) is 3.05. The van der Waals surface area contributed by atoms with Gasteiger partial charge in [0.15, 0.2) is 6.10 Å². The highest BCUT2D eigenvalue weighted by Gasteiger charge is 2.03. The molecule has 0 saturated heterocycles. The Morgan fingerprint density at radius 2 is 2.38 bits per heavy atom. The van der Waals surface area contributed by atoms with Crippen molar-refractivity contribution < 1.29 is 9.90 Å². The molecule has 0 aromatic carbocycles. The lowest BCUT2D eigenvalue weighted by molar-refractivity contribution is -0.123. The number of amides is 1. The lowest BCUT2D eigenvalue weighted by Crippen LogP contribution is -2.26. The number of primary amides is 1. The number of aliphatic hydroxyl groups is 1. The van der Waals surface area contributed by atoms with E-state index in [2.05, 4.69) is 17.6 Å². The minimum Gasteiger partial charge on any atom is -0.372 e. The normalized spacial score (nSPS) is 11.2. The summed E-state index contributed by atoms with van der Waals surface area (Å²) in [5, 5.41) is 8.48. The smallest absolute Gasteiger partial charge is 0.258 e. The first-order valence-corrected chi connectivity index (χ1v) is 2.08. The van der Waals surface area contributed by atoms with Crippen LogP contribution in [0, 0.1) is 11.8 Å². The van der Waals surface area contributed by atoms with Gasteiger partial charge in [0, 0.05) is 0 Å². The summed E-state index contributed by atoms with van der Waals surface area (Å²) in [6, 6.07) is 0. The predicted octanol–water partition coefficient (Wildman–Crippen LogP) is -1.14. The van der Waals surface area contributed by atoms with E-state index in [-0.39, 0.29) is 0 Å². The Morgan fingerprint density at radius 3 is 2.50 bits per heavy atom. The van der Waals surface area contributed by atoms with E-state index in [1.165, 1.54) is 6.92 Å². The van der Waals surface area contributed by atoms with Gasteiger partial charge >= 0.3 is 0 Å². The zero-order valence-electron chi connectivity index (χ0n) is 4.51. The Labute approximate surface area is 47.5 Å². The van der Waals surface area contributed by atoms with Crippen molar-refractivity contribution in [3.8, 4) is 11.8 Å². The summed E-state index contributed by atoms with van der Waals surface area (Å²) >= 11 is 0. The minimum atomic E-state index is -1.31. The first-order chi connectivity index (χ1) is 3.68. The second-order valence-corrected chi connectivity index (χ2v) is 1.20. The van der Waals surface area contributed by atoms with Gasteiger partial charge in [-0.1, -0.05) is 5.92 Å². The average Bonchev–Trinajstić information content (AvgIpc) is 1.67. The van der Waals surface area contributed by atoms with E-state index in [9.17, 15) is 4.79 Å². The first-order valence-electron chi connectivity index (χ1n) is 2.08. The number of hydrogen-bond donors (Lipinski definition) is 2. The van der Waals surface area contributed by atoms with Crippen LogP contribution in [0.5, 0.6) is 0 Å². The number of carbonyl (C=O) groups excluding carboxylic acids is 1. The Hall–Kier alpha value is -1.01. The molecule has 1 atom stereocenters. The lowest BCUT2D eigenvalue weighted by atomic mass is 10.3. The van der Waals surface area contributed by atoms with Crippen molar-refractivity contribution in [3.05, 3.63) is 0 Å². The van der Waals surface area contributed by atoms with Crippen LogP contribution in [-0.2, 0) is 4.79 Å². The zero-order valence-corrected chi connectivity index (χ0v) is 4.51. The van der Waals surface area contributed by atoms with Crippen molar-refractivity contribution >= 4 is 5.91 Å². The van der Waals surface area contributed by atoms with Crippen molar-refractivity contribution in [1.82, 2.24) is 0 Å². The summed E-state index contributed by atoms with van der Waals surface area (Å²) in [4.78, 5) is 9.96. The summed E-state index contributed by atoms with van der Waals surface area (Å²) in [6.07, 6.45) is -1.31. The fourth-order valence-corrected chi connectivity index (χ4v) is 0.208. The maximum Gasteiger partial charge on any atom is 0.258 e. The number of hydrogen-bond acceptors (Lipinski definition) is 2. The Kier molecular flexibility index (Phi) is 2.67. The Morgan fingerprint density at radius 1 is 1.88 bits per heavy atom. The lowest BCUT2D eigenvalue weighted by Gasteiger charge is -1.91. The molecule has 0 fully saturated rings. The highest BCUT2D eigenvalue weighted by atomic mass is 16.3. The molecule has 0 aromatic heterocycles. The molecule has 0 aliphatic heterocycles. The topological polar surface area (TPSA) is 63.3 Å². The highest BCUT2D eigenvalue weighted by Crippen LogP contribution is 1.73. The molecule has 3 heteroatoms. The second-order valence-electron chi connectivity index (χ2n) is 1.20. The Bertz CT molecular complexity index is 142. The standard InChI is InChI=1S/C5H7NO2/c1-2-3-4(7)5(6)8/h4,7H,1H3,(H2,6,8). The summed E-state index contributed by atoms with van der Waals surface area (Å²) in [7, 11) is 0. The molecule has 0 bridgehead atoms. The van der Waals surface area contributed by atoms with Crippen LogP contribution in [0.1, 0.15) is 6.92 Å². The van der Waals surface area contributed by atoms with E-state index in [1.807, 2.05) is 0 Å². The molecule has 0 aromatic rings. The van der Waals surface area contributed by atoms with Gasteiger partial charge in [0.1, 0.15) is 0 Å². The number of aliphatic hydroxyl groups excluding tert-OH is 1. The van der Waals surface area contributed by atoms with Gasteiger partial charge in [0.05, 0.1) is 0 Å². The van der Waals surface area contributed by atoms with E-state index in [0.29, 0.717) is 0 Å². The third-order valence-electron chi connectivity index (χ3n) is 0.551. The van der Waals surface area contributed by atoms with Gasteiger partial charge in [-0.3, -0.25) is 4.79 Å². The van der Waals surface area contributed by atoms with Crippen LogP contribution >= 0.6 is 0 Å². The molecule has 0 spiro atoms. The molecule has 3 nitrogen and oxygen atoms in total. The predicted molar refractivity (Wildman–Crippen MR) is 28.7 cm³/mol. The molecule has 8 heavy (non-hydrogen) atoms. The van der Waals surface area contributed by atoms with Gasteiger partial charge in [-0.05, 0) is 6.92 Å². The van der Waals surface area contributed by atoms with Crippen molar-refractivity contribution in [1.29, 1.82) is 0 Å². The maximum atomic E-state index is 9.96. The van der Waals surface area contributed by atoms with Gasteiger partial charge < -0.3 is 10.8 Å². The van der Waals surface area contributed by atoms with Crippen LogP contribution < -0.4 is 5.73 Å². The van der Waals surface area contributed by atoms with Crippen molar-refractivity contribution in [2.75, 3.05) is 0 Å². The first kappa shape index (κ1) is 6.99. The fourth-order valence-electron chi connectivity index (χ4n) is 0.208. The molecule has 1 amide bonds. The number of nitrogens with two attached hydrogens (primary N) is 1. The van der Waals surface area contributed by atoms with Gasteiger partial charge in [0.2, 0.25) is 0 Å². The van der Waals surface area contributed by atoms with Crippen LogP contribution in [0.3, 0.4) is 0 Å². The van der Waals surface area contributed by atoms with Crippen LogP contribution in [0.25, 0.3) is 0 Å².